The van der Waals surface area contributed by atoms with Crippen molar-refractivity contribution in [2.24, 2.45) is 0 Å². The van der Waals surface area contributed by atoms with Crippen molar-refractivity contribution >= 4 is 17.7 Å². The highest BCUT2D eigenvalue weighted by atomic mass is 16.2. The minimum absolute atomic E-state index is 0.244. The molecule has 0 aromatic carbocycles. The lowest BCUT2D eigenvalue weighted by molar-refractivity contribution is 0.0948. The first kappa shape index (κ1) is 38.0. The van der Waals surface area contributed by atoms with Gasteiger partial charge in [0.1, 0.15) is 0 Å². The Morgan fingerprint density at radius 3 is 0.945 bits per heavy atom. The number of amides is 3. The van der Waals surface area contributed by atoms with Crippen LogP contribution in [0.1, 0.15) is 47.8 Å². The Kier molecular flexibility index (Phi) is 12.7. The minimum Gasteiger partial charge on any atom is -0.351 e. The van der Waals surface area contributed by atoms with Gasteiger partial charge in [0.05, 0.1) is 34.2 Å². The summed E-state index contributed by atoms with van der Waals surface area (Å²) in [6.07, 6.45) is 9.93. The predicted molar refractivity (Wildman–Crippen MR) is 210 cm³/mol. The summed E-state index contributed by atoms with van der Waals surface area (Å²) in [5, 5.41) is 8.98. The number of aromatic nitrogens is 6. The van der Waals surface area contributed by atoms with Gasteiger partial charge < -0.3 is 16.0 Å². The van der Waals surface area contributed by atoms with E-state index in [1.807, 2.05) is 57.2 Å². The molecule has 3 amide bonds. The van der Waals surface area contributed by atoms with Crippen LogP contribution in [0.5, 0.6) is 0 Å². The van der Waals surface area contributed by atoms with E-state index in [4.69, 9.17) is 0 Å². The van der Waals surface area contributed by atoms with Gasteiger partial charge in [0.25, 0.3) is 17.7 Å². The molecule has 0 atom stereocenters. The van der Waals surface area contributed by atoms with E-state index in [0.717, 1.165) is 16.7 Å². The van der Waals surface area contributed by atoms with E-state index in [1.165, 1.54) is 0 Å². The molecule has 0 aliphatic rings. The Bertz CT molecular complexity index is 2040. The van der Waals surface area contributed by atoms with Gasteiger partial charge in [-0.25, -0.2) is 0 Å². The maximum absolute atomic E-state index is 13.2. The maximum Gasteiger partial charge on any atom is 0.251 e. The van der Waals surface area contributed by atoms with Gasteiger partial charge in [0.15, 0.2) is 0 Å². The molecule has 0 saturated heterocycles. The number of nitrogens with one attached hydrogen (secondary N) is 3. The summed E-state index contributed by atoms with van der Waals surface area (Å²) in [5.74, 6) is -0.733. The average Bonchev–Trinajstić information content (AvgIpc) is 3.20. The molecular formula is C42H42N10O3. The van der Waals surface area contributed by atoms with Crippen molar-refractivity contribution in [3.63, 3.8) is 0 Å². The van der Waals surface area contributed by atoms with Gasteiger partial charge in [0, 0.05) is 93.1 Å². The van der Waals surface area contributed by atoms with Gasteiger partial charge >= 0.3 is 0 Å². The summed E-state index contributed by atoms with van der Waals surface area (Å²) in [6, 6.07) is 21.6. The number of rotatable bonds is 15. The highest BCUT2D eigenvalue weighted by Crippen LogP contribution is 2.19. The van der Waals surface area contributed by atoms with Crippen LogP contribution >= 0.6 is 0 Å². The average molecular weight is 735 g/mol. The second-order valence-corrected chi connectivity index (χ2v) is 13.1. The summed E-state index contributed by atoms with van der Waals surface area (Å²) in [5.41, 5.74) is 8.43. The molecule has 6 aromatic rings. The highest BCUT2D eigenvalue weighted by molar-refractivity contribution is 5.96. The van der Waals surface area contributed by atoms with E-state index in [1.54, 1.807) is 73.6 Å². The van der Waals surface area contributed by atoms with Crippen LogP contribution in [0.15, 0.2) is 110 Å². The molecule has 13 nitrogen and oxygen atoms in total. The summed E-state index contributed by atoms with van der Waals surface area (Å²) < 4.78 is 0. The van der Waals surface area contributed by atoms with E-state index in [0.29, 0.717) is 90.1 Å². The molecule has 3 N–H and O–H groups in total. The fourth-order valence-corrected chi connectivity index (χ4v) is 5.79. The van der Waals surface area contributed by atoms with Crippen molar-refractivity contribution in [2.45, 2.75) is 20.8 Å². The van der Waals surface area contributed by atoms with Crippen molar-refractivity contribution in [3.8, 4) is 34.2 Å². The highest BCUT2D eigenvalue weighted by Gasteiger charge is 2.14. The molecular weight excluding hydrogens is 693 g/mol. The van der Waals surface area contributed by atoms with Crippen LogP contribution in [0.3, 0.4) is 0 Å². The number of hydrogen-bond donors (Lipinski definition) is 3. The SMILES string of the molecule is Cc1ccnc(-c2cc(C(=O)NCCN(CCNC(=O)c3ccnc(-c4cc(C)ccn4)c3)CCNC(=O)c3ccnc(-c4cc(C)ccn4)c3)ccn2)c1. The largest absolute Gasteiger partial charge is 0.351 e. The van der Waals surface area contributed by atoms with Crippen molar-refractivity contribution < 1.29 is 14.4 Å². The molecule has 0 radical (unpaired) electrons. The molecule has 0 aliphatic carbocycles. The van der Waals surface area contributed by atoms with E-state index in [2.05, 4.69) is 50.8 Å². The zero-order chi connectivity index (χ0) is 38.6. The van der Waals surface area contributed by atoms with E-state index >= 15 is 0 Å². The van der Waals surface area contributed by atoms with Crippen LogP contribution in [-0.4, -0.2) is 91.8 Å². The third-order valence-corrected chi connectivity index (χ3v) is 8.74. The molecule has 0 fully saturated rings. The maximum atomic E-state index is 13.2. The van der Waals surface area contributed by atoms with E-state index < -0.39 is 0 Å². The molecule has 0 spiro atoms. The molecule has 55 heavy (non-hydrogen) atoms. The lowest BCUT2D eigenvalue weighted by atomic mass is 10.1. The summed E-state index contributed by atoms with van der Waals surface area (Å²) in [6.45, 7) is 8.30. The molecule has 13 heteroatoms. The number of carbonyl (C=O) groups is 3. The van der Waals surface area contributed by atoms with Crippen molar-refractivity contribution in [1.82, 2.24) is 50.8 Å². The van der Waals surface area contributed by atoms with Crippen LogP contribution in [0.25, 0.3) is 34.2 Å². The third-order valence-electron chi connectivity index (χ3n) is 8.74. The fourth-order valence-electron chi connectivity index (χ4n) is 5.79. The molecule has 278 valence electrons. The fraction of sp³-hybridized carbons (Fsp3) is 0.214. The van der Waals surface area contributed by atoms with Crippen LogP contribution in [0, 0.1) is 20.8 Å². The van der Waals surface area contributed by atoms with Gasteiger partial charge in [-0.3, -0.25) is 49.2 Å². The predicted octanol–water partition coefficient (Wildman–Crippen LogP) is 4.87. The first-order valence-corrected chi connectivity index (χ1v) is 18.0. The number of nitrogens with zero attached hydrogens (tertiary/aromatic N) is 7. The van der Waals surface area contributed by atoms with E-state index in [-0.39, 0.29) is 17.7 Å². The quantitative estimate of drug-likeness (QED) is 0.132. The van der Waals surface area contributed by atoms with Gasteiger partial charge in [-0.05, 0) is 110 Å². The third kappa shape index (κ3) is 10.7. The number of aryl methyl sites for hydroxylation is 3. The molecule has 6 rings (SSSR count). The Balaban J connectivity index is 1.07. The Morgan fingerprint density at radius 2 is 0.673 bits per heavy atom. The Labute approximate surface area is 319 Å². The summed E-state index contributed by atoms with van der Waals surface area (Å²) >= 11 is 0. The van der Waals surface area contributed by atoms with Crippen molar-refractivity contribution in [3.05, 3.63) is 143 Å². The topological polar surface area (TPSA) is 168 Å². The minimum atomic E-state index is -0.244. The molecule has 0 unspecified atom stereocenters. The smallest absolute Gasteiger partial charge is 0.251 e. The van der Waals surface area contributed by atoms with Crippen molar-refractivity contribution in [2.75, 3.05) is 39.3 Å². The lowest BCUT2D eigenvalue weighted by Crippen LogP contribution is -2.43. The first-order chi connectivity index (χ1) is 26.7. The second-order valence-electron chi connectivity index (χ2n) is 13.1. The molecule has 6 aromatic heterocycles. The molecule has 0 aliphatic heterocycles. The van der Waals surface area contributed by atoms with Crippen LogP contribution in [0.2, 0.25) is 0 Å². The van der Waals surface area contributed by atoms with Crippen LogP contribution in [0.4, 0.5) is 0 Å². The standard InChI is InChI=1S/C42H42N10O3/c1-28-4-10-43-34(22-28)37-25-31(7-13-46-37)40(53)49-16-19-52(20-17-50-41(54)32-8-14-47-38(26-32)35-23-29(2)5-11-44-35)21-18-51-42(55)33-9-15-48-39(27-33)36-24-30(3)6-12-45-36/h4-15,22-27H,16-21H2,1-3H3,(H,49,53)(H,50,54)(H,51,55). The van der Waals surface area contributed by atoms with Crippen LogP contribution < -0.4 is 16.0 Å². The zero-order valence-electron chi connectivity index (χ0n) is 31.0. The second kappa shape index (κ2) is 18.3. The number of carbonyl (C=O) groups excluding carboxylic acids is 3. The summed E-state index contributed by atoms with van der Waals surface area (Å²) in [7, 11) is 0. The lowest BCUT2D eigenvalue weighted by Gasteiger charge is -2.23. The molecule has 0 saturated carbocycles. The monoisotopic (exact) mass is 734 g/mol. The summed E-state index contributed by atoms with van der Waals surface area (Å²) in [4.78, 5) is 68.0. The van der Waals surface area contributed by atoms with Gasteiger partial charge in [-0.1, -0.05) is 0 Å². The zero-order valence-corrected chi connectivity index (χ0v) is 31.0. The van der Waals surface area contributed by atoms with Crippen molar-refractivity contribution in [1.29, 1.82) is 0 Å². The molecule has 0 bridgehead atoms. The van der Waals surface area contributed by atoms with Gasteiger partial charge in [-0.15, -0.1) is 0 Å². The van der Waals surface area contributed by atoms with E-state index in [9.17, 15) is 14.4 Å². The normalized spacial score (nSPS) is 10.9. The number of pyridine rings is 6. The molecule has 6 heterocycles. The van der Waals surface area contributed by atoms with Gasteiger partial charge in [0.2, 0.25) is 0 Å². The Hall–Kier alpha value is -6.73. The van der Waals surface area contributed by atoms with Crippen LogP contribution in [-0.2, 0) is 0 Å². The Morgan fingerprint density at radius 1 is 0.418 bits per heavy atom. The van der Waals surface area contributed by atoms with Gasteiger partial charge in [-0.2, -0.15) is 0 Å². The first-order valence-electron chi connectivity index (χ1n) is 18.0. The number of hydrogen-bond acceptors (Lipinski definition) is 10.